The van der Waals surface area contributed by atoms with Gasteiger partial charge < -0.3 is 10.8 Å². The monoisotopic (exact) mass is 264 g/mol. The molecular formula is C15H24N2O2. The molecule has 0 fully saturated rings. The SMILES string of the molecule is CCC(CC)N(CCO)Cc1cccc(C(N)=O)c1. The fraction of sp³-hybridized carbons (Fsp3) is 0.533. The summed E-state index contributed by atoms with van der Waals surface area (Å²) in [5, 5.41) is 9.18. The molecule has 0 aliphatic carbocycles. The van der Waals surface area contributed by atoms with Crippen molar-refractivity contribution < 1.29 is 9.90 Å². The van der Waals surface area contributed by atoms with Crippen LogP contribution >= 0.6 is 0 Å². The van der Waals surface area contributed by atoms with E-state index in [0.29, 0.717) is 18.2 Å². The van der Waals surface area contributed by atoms with Gasteiger partial charge in [-0.1, -0.05) is 26.0 Å². The normalized spacial score (nSPS) is 11.2. The number of hydrogen-bond donors (Lipinski definition) is 2. The van der Waals surface area contributed by atoms with Crippen LogP contribution in [0, 0.1) is 0 Å². The van der Waals surface area contributed by atoms with Gasteiger partial charge in [0.05, 0.1) is 6.61 Å². The van der Waals surface area contributed by atoms with E-state index in [-0.39, 0.29) is 6.61 Å². The van der Waals surface area contributed by atoms with Gasteiger partial charge in [0, 0.05) is 24.7 Å². The number of benzene rings is 1. The Kier molecular flexibility index (Phi) is 6.53. The van der Waals surface area contributed by atoms with Gasteiger partial charge in [-0.25, -0.2) is 0 Å². The summed E-state index contributed by atoms with van der Waals surface area (Å²) < 4.78 is 0. The van der Waals surface area contributed by atoms with Crippen LogP contribution in [0.3, 0.4) is 0 Å². The van der Waals surface area contributed by atoms with Crippen LogP contribution < -0.4 is 5.73 Å². The van der Waals surface area contributed by atoms with E-state index < -0.39 is 5.91 Å². The molecule has 4 heteroatoms. The Hall–Kier alpha value is -1.39. The number of nitrogens with two attached hydrogens (primary N) is 1. The molecule has 19 heavy (non-hydrogen) atoms. The minimum absolute atomic E-state index is 0.145. The summed E-state index contributed by atoms with van der Waals surface area (Å²) in [6.07, 6.45) is 2.10. The van der Waals surface area contributed by atoms with Crippen LogP contribution in [-0.2, 0) is 6.54 Å². The van der Waals surface area contributed by atoms with E-state index in [2.05, 4.69) is 18.7 Å². The zero-order valence-corrected chi connectivity index (χ0v) is 11.8. The van der Waals surface area contributed by atoms with E-state index in [0.717, 1.165) is 24.9 Å². The molecule has 0 saturated carbocycles. The molecule has 0 spiro atoms. The van der Waals surface area contributed by atoms with Crippen LogP contribution in [0.15, 0.2) is 24.3 Å². The molecule has 0 bridgehead atoms. The summed E-state index contributed by atoms with van der Waals surface area (Å²) in [6.45, 7) is 5.82. The third kappa shape index (κ3) is 4.65. The fourth-order valence-corrected chi connectivity index (χ4v) is 2.38. The predicted octanol–water partition coefficient (Wildman–Crippen LogP) is 1.77. The molecule has 1 amide bonds. The molecule has 106 valence electrons. The third-order valence-electron chi connectivity index (χ3n) is 3.44. The number of nitrogens with zero attached hydrogens (tertiary/aromatic N) is 1. The molecule has 0 heterocycles. The maximum absolute atomic E-state index is 11.2. The second-order valence-corrected chi connectivity index (χ2v) is 4.73. The van der Waals surface area contributed by atoms with Crippen molar-refractivity contribution in [3.8, 4) is 0 Å². The van der Waals surface area contributed by atoms with Gasteiger partial charge in [-0.2, -0.15) is 0 Å². The fourth-order valence-electron chi connectivity index (χ4n) is 2.38. The van der Waals surface area contributed by atoms with Gasteiger partial charge in [-0.3, -0.25) is 9.69 Å². The van der Waals surface area contributed by atoms with Crippen molar-refractivity contribution in [3.05, 3.63) is 35.4 Å². The predicted molar refractivity (Wildman–Crippen MR) is 76.8 cm³/mol. The number of rotatable bonds is 8. The van der Waals surface area contributed by atoms with E-state index >= 15 is 0 Å². The number of carbonyl (C=O) groups excluding carboxylic acids is 1. The number of aliphatic hydroxyl groups excluding tert-OH is 1. The first-order valence-corrected chi connectivity index (χ1v) is 6.86. The van der Waals surface area contributed by atoms with Gasteiger partial charge in [-0.05, 0) is 30.5 Å². The maximum Gasteiger partial charge on any atom is 0.248 e. The molecule has 4 nitrogen and oxygen atoms in total. The number of aliphatic hydroxyl groups is 1. The van der Waals surface area contributed by atoms with Crippen LogP contribution in [-0.4, -0.2) is 35.1 Å². The largest absolute Gasteiger partial charge is 0.395 e. The summed E-state index contributed by atoms with van der Waals surface area (Å²) in [7, 11) is 0. The molecule has 0 saturated heterocycles. The molecular weight excluding hydrogens is 240 g/mol. The van der Waals surface area contributed by atoms with E-state index in [1.807, 2.05) is 18.2 Å². The summed E-state index contributed by atoms with van der Waals surface area (Å²) in [5.74, 6) is -0.405. The van der Waals surface area contributed by atoms with Gasteiger partial charge in [0.25, 0.3) is 0 Å². The highest BCUT2D eigenvalue weighted by molar-refractivity contribution is 5.92. The highest BCUT2D eigenvalue weighted by Crippen LogP contribution is 2.14. The number of primary amides is 1. The summed E-state index contributed by atoms with van der Waals surface area (Å²) in [6, 6.07) is 7.83. The molecule has 1 aromatic carbocycles. The maximum atomic E-state index is 11.2. The number of carbonyl (C=O) groups is 1. The van der Waals surface area contributed by atoms with E-state index in [4.69, 9.17) is 5.73 Å². The van der Waals surface area contributed by atoms with Crippen LogP contribution in [0.25, 0.3) is 0 Å². The highest BCUT2D eigenvalue weighted by atomic mass is 16.3. The molecule has 0 atom stereocenters. The molecule has 0 aliphatic heterocycles. The molecule has 0 aromatic heterocycles. The van der Waals surface area contributed by atoms with Crippen molar-refractivity contribution in [2.45, 2.75) is 39.3 Å². The molecule has 0 aliphatic rings. The Morgan fingerprint density at radius 1 is 1.37 bits per heavy atom. The van der Waals surface area contributed by atoms with Crippen molar-refractivity contribution in [1.82, 2.24) is 4.90 Å². The second kappa shape index (κ2) is 7.92. The quantitative estimate of drug-likeness (QED) is 0.752. The number of hydrogen-bond acceptors (Lipinski definition) is 3. The molecule has 3 N–H and O–H groups in total. The zero-order valence-electron chi connectivity index (χ0n) is 11.8. The van der Waals surface area contributed by atoms with Crippen LogP contribution in [0.2, 0.25) is 0 Å². The Labute approximate surface area is 115 Å². The van der Waals surface area contributed by atoms with Crippen molar-refractivity contribution in [2.24, 2.45) is 5.73 Å². The average Bonchev–Trinajstić information content (AvgIpc) is 2.40. The summed E-state index contributed by atoms with van der Waals surface area (Å²) in [5.41, 5.74) is 6.88. The smallest absolute Gasteiger partial charge is 0.248 e. The first-order chi connectivity index (χ1) is 9.12. The Morgan fingerprint density at radius 2 is 2.05 bits per heavy atom. The van der Waals surface area contributed by atoms with Crippen molar-refractivity contribution in [2.75, 3.05) is 13.2 Å². The van der Waals surface area contributed by atoms with Gasteiger partial charge in [0.1, 0.15) is 0 Å². The van der Waals surface area contributed by atoms with E-state index in [9.17, 15) is 9.90 Å². The summed E-state index contributed by atoms with van der Waals surface area (Å²) >= 11 is 0. The second-order valence-electron chi connectivity index (χ2n) is 4.73. The third-order valence-corrected chi connectivity index (χ3v) is 3.44. The molecule has 1 aromatic rings. The van der Waals surface area contributed by atoms with Crippen LogP contribution in [0.1, 0.15) is 42.6 Å². The topological polar surface area (TPSA) is 66.6 Å². The lowest BCUT2D eigenvalue weighted by molar-refractivity contribution is 0.0999. The lowest BCUT2D eigenvalue weighted by atomic mass is 10.1. The zero-order chi connectivity index (χ0) is 14.3. The van der Waals surface area contributed by atoms with Crippen molar-refractivity contribution in [3.63, 3.8) is 0 Å². The van der Waals surface area contributed by atoms with Crippen LogP contribution in [0.4, 0.5) is 0 Å². The Morgan fingerprint density at radius 3 is 2.58 bits per heavy atom. The van der Waals surface area contributed by atoms with Crippen molar-refractivity contribution in [1.29, 1.82) is 0 Å². The summed E-state index contributed by atoms with van der Waals surface area (Å²) in [4.78, 5) is 13.4. The molecule has 0 unspecified atom stereocenters. The van der Waals surface area contributed by atoms with Crippen LogP contribution in [0.5, 0.6) is 0 Å². The lowest BCUT2D eigenvalue weighted by Crippen LogP contribution is -2.36. The van der Waals surface area contributed by atoms with Gasteiger partial charge in [0.15, 0.2) is 0 Å². The van der Waals surface area contributed by atoms with Crippen molar-refractivity contribution >= 4 is 5.91 Å². The van der Waals surface area contributed by atoms with Gasteiger partial charge in [-0.15, -0.1) is 0 Å². The highest BCUT2D eigenvalue weighted by Gasteiger charge is 2.15. The first-order valence-electron chi connectivity index (χ1n) is 6.86. The minimum atomic E-state index is -0.405. The molecule has 1 rings (SSSR count). The van der Waals surface area contributed by atoms with E-state index in [1.54, 1.807) is 6.07 Å². The Bertz CT molecular complexity index is 403. The number of amides is 1. The minimum Gasteiger partial charge on any atom is -0.395 e. The van der Waals surface area contributed by atoms with Gasteiger partial charge >= 0.3 is 0 Å². The average molecular weight is 264 g/mol. The molecule has 0 radical (unpaired) electrons. The lowest BCUT2D eigenvalue weighted by Gasteiger charge is -2.29. The first kappa shape index (κ1) is 15.7. The standard InChI is InChI=1S/C15H24N2O2/c1-3-14(4-2)17(8-9-18)11-12-6-5-7-13(10-12)15(16)19/h5-7,10,14,18H,3-4,8-9,11H2,1-2H3,(H2,16,19). The van der Waals surface area contributed by atoms with Gasteiger partial charge in [0.2, 0.25) is 5.91 Å². The van der Waals surface area contributed by atoms with E-state index in [1.165, 1.54) is 0 Å². The Balaban J connectivity index is 2.83.